The summed E-state index contributed by atoms with van der Waals surface area (Å²) in [7, 11) is 1.32. The molecule has 5 rings (SSSR count). The van der Waals surface area contributed by atoms with Crippen molar-refractivity contribution in [3.63, 3.8) is 0 Å². The minimum Gasteiger partial charge on any atom is -0.496 e. The highest BCUT2D eigenvalue weighted by atomic mass is 35.5. The van der Waals surface area contributed by atoms with E-state index >= 15 is 0 Å². The molecule has 0 amide bonds. The van der Waals surface area contributed by atoms with Gasteiger partial charge < -0.3 is 20.7 Å². The Morgan fingerprint density at radius 1 is 1.18 bits per heavy atom. The third kappa shape index (κ3) is 6.99. The third-order valence-corrected chi connectivity index (χ3v) is 6.62. The fourth-order valence-electron chi connectivity index (χ4n) is 4.65. The first-order valence-corrected chi connectivity index (χ1v) is 12.9. The van der Waals surface area contributed by atoms with Gasteiger partial charge >= 0.3 is 6.30 Å². The summed E-state index contributed by atoms with van der Waals surface area (Å²) in [4.78, 5) is 21.8. The lowest BCUT2D eigenvalue weighted by Crippen LogP contribution is -2.43. The van der Waals surface area contributed by atoms with Gasteiger partial charge in [-0.3, -0.25) is 10.1 Å². The van der Waals surface area contributed by atoms with Crippen LogP contribution in [0, 0.1) is 27.8 Å². The summed E-state index contributed by atoms with van der Waals surface area (Å²) in [6.45, 7) is 1.17. The number of ether oxygens (including phenoxy) is 1. The van der Waals surface area contributed by atoms with Crippen LogP contribution in [-0.4, -0.2) is 50.9 Å². The van der Waals surface area contributed by atoms with Gasteiger partial charge in [0.1, 0.15) is 23.2 Å². The lowest BCUT2D eigenvalue weighted by Gasteiger charge is -2.33. The Labute approximate surface area is 254 Å². The number of methoxy groups -OCH3 is 1. The zero-order valence-corrected chi connectivity index (χ0v) is 23.8. The Morgan fingerprint density at radius 3 is 2.66 bits per heavy atom. The van der Waals surface area contributed by atoms with Gasteiger partial charge in [0.15, 0.2) is 5.69 Å². The van der Waals surface area contributed by atoms with Gasteiger partial charge in [-0.2, -0.15) is 9.78 Å². The predicted molar refractivity (Wildman–Crippen MR) is 157 cm³/mol. The Hall–Kier alpha value is -4.94. The average molecular weight is 633 g/mol. The predicted octanol–water partition coefficient (Wildman–Crippen LogP) is 5.37. The van der Waals surface area contributed by atoms with Crippen LogP contribution in [0.5, 0.6) is 5.75 Å². The van der Waals surface area contributed by atoms with Gasteiger partial charge in [-0.15, -0.1) is 25.6 Å². The van der Waals surface area contributed by atoms with Crippen LogP contribution < -0.4 is 20.7 Å². The van der Waals surface area contributed by atoms with Gasteiger partial charge in [-0.05, 0) is 31.0 Å². The van der Waals surface area contributed by atoms with E-state index in [0.717, 1.165) is 31.3 Å². The second-order valence-corrected chi connectivity index (χ2v) is 9.59. The van der Waals surface area contributed by atoms with Gasteiger partial charge in [0.2, 0.25) is 0 Å². The van der Waals surface area contributed by atoms with E-state index in [1.54, 1.807) is 6.07 Å². The smallest absolute Gasteiger partial charge is 0.496 e. The quantitative estimate of drug-likeness (QED) is 0.124. The normalized spacial score (nSPS) is 14.7. The number of halogens is 5. The van der Waals surface area contributed by atoms with Crippen molar-refractivity contribution in [1.82, 2.24) is 19.7 Å². The van der Waals surface area contributed by atoms with Crippen molar-refractivity contribution in [2.75, 3.05) is 30.4 Å². The van der Waals surface area contributed by atoms with Gasteiger partial charge in [-0.25, -0.2) is 14.4 Å². The van der Waals surface area contributed by atoms with Crippen LogP contribution in [0.1, 0.15) is 24.0 Å². The number of benzene rings is 1. The number of nitrogens with two attached hydrogens (primary N) is 1. The molecule has 0 radical (unpaired) electrons. The minimum absolute atomic E-state index is 0. The van der Waals surface area contributed by atoms with E-state index in [0.29, 0.717) is 24.3 Å². The van der Waals surface area contributed by atoms with Crippen molar-refractivity contribution >= 4 is 35.4 Å². The molecule has 4 aromatic rings. The number of piperidine rings is 1. The van der Waals surface area contributed by atoms with E-state index in [1.807, 2.05) is 4.90 Å². The topological polar surface area (TPSA) is 137 Å². The molecule has 1 aliphatic heterocycles. The maximum Gasteiger partial charge on any atom is 0.504 e. The minimum atomic E-state index is -4.66. The molecule has 1 fully saturated rings. The Morgan fingerprint density at radius 2 is 1.98 bits per heavy atom. The number of nitrogens with one attached hydrogen (secondary N) is 1. The molecule has 4 heterocycles. The molecule has 3 aromatic heterocycles. The largest absolute Gasteiger partial charge is 0.504 e. The van der Waals surface area contributed by atoms with Crippen LogP contribution in [0.3, 0.4) is 0 Å². The molecule has 230 valence electrons. The molecule has 44 heavy (non-hydrogen) atoms. The summed E-state index contributed by atoms with van der Waals surface area (Å²) < 4.78 is 58.7. The van der Waals surface area contributed by atoms with Crippen molar-refractivity contribution in [1.29, 1.82) is 0 Å². The fraction of sp³-hybridized carbons (Fsp3) is 0.250. The molecule has 1 aliphatic rings. The monoisotopic (exact) mass is 632 g/mol. The van der Waals surface area contributed by atoms with E-state index in [9.17, 15) is 27.7 Å². The molecule has 11 nitrogen and oxygen atoms in total. The van der Waals surface area contributed by atoms with Crippen LogP contribution in [0.15, 0.2) is 55.0 Å². The van der Waals surface area contributed by atoms with Crippen molar-refractivity contribution in [2.45, 2.75) is 25.2 Å². The summed E-state index contributed by atoms with van der Waals surface area (Å²) in [5, 5.41) is 18.1. The van der Waals surface area contributed by atoms with Gasteiger partial charge in [-0.1, -0.05) is 17.9 Å². The lowest BCUT2D eigenvalue weighted by atomic mass is 10.0. The van der Waals surface area contributed by atoms with Crippen LogP contribution >= 0.6 is 12.4 Å². The number of alkyl halides is 3. The van der Waals surface area contributed by atoms with E-state index in [4.69, 9.17) is 10.5 Å². The highest BCUT2D eigenvalue weighted by Gasteiger charge is 2.31. The molecule has 0 unspecified atom stereocenters. The molecule has 0 saturated carbocycles. The lowest BCUT2D eigenvalue weighted by molar-refractivity contribution is -0.384. The molecule has 3 N–H and O–H groups in total. The number of nitrogens with zero attached hydrogens (tertiary/aromatic N) is 6. The maximum atomic E-state index is 14.8. The number of hydrogen-bond acceptors (Lipinski definition) is 9. The molecule has 1 aromatic carbocycles. The summed E-state index contributed by atoms with van der Waals surface area (Å²) in [5.74, 6) is 5.32. The molecule has 1 atom stereocenters. The number of rotatable bonds is 6. The SMILES string of the molecule is COc1cccc(F)c1-c1nc(Nc2cc(N3CCC[C@H](N)C3)c(C#Cc3cnn(C(F)(F)F)c3)cn2)ccc1[N+](=O)[O-].Cl. The van der Waals surface area contributed by atoms with Crippen molar-refractivity contribution < 1.29 is 27.2 Å². The summed E-state index contributed by atoms with van der Waals surface area (Å²) in [6, 6.07) is 8.16. The third-order valence-electron chi connectivity index (χ3n) is 6.62. The zero-order chi connectivity index (χ0) is 30.7. The highest BCUT2D eigenvalue weighted by molar-refractivity contribution is 5.85. The standard InChI is InChI=1S/C28H24F4N8O3.ClH/c1-43-23-6-2-5-20(29)26(23)27-21(40(41)42)9-10-24(37-27)36-25-12-22(38-11-3-4-19(33)16-38)18(14-34-25)8-7-17-13-35-39(15-17)28(30,31)32;/h2,5-6,9-10,12-15,19H,3-4,11,16,33H2,1H3,(H,34,36,37);1H/t19-;/m0./s1. The molecule has 16 heteroatoms. The van der Waals surface area contributed by atoms with Crippen molar-refractivity contribution in [2.24, 2.45) is 5.73 Å². The number of anilines is 3. The van der Waals surface area contributed by atoms with Crippen LogP contribution in [-0.2, 0) is 6.30 Å². The van der Waals surface area contributed by atoms with Crippen LogP contribution in [0.25, 0.3) is 11.3 Å². The van der Waals surface area contributed by atoms with E-state index in [2.05, 4.69) is 32.2 Å². The van der Waals surface area contributed by atoms with Gasteiger partial charge in [0.25, 0.3) is 5.69 Å². The highest BCUT2D eigenvalue weighted by Crippen LogP contribution is 2.38. The molecule has 0 bridgehead atoms. The second-order valence-electron chi connectivity index (χ2n) is 9.59. The molecular weight excluding hydrogens is 608 g/mol. The molecular formula is C28H25ClF4N8O3. The first-order valence-electron chi connectivity index (χ1n) is 12.9. The number of nitro groups is 1. The Balaban J connectivity index is 0.00000442. The Kier molecular flexibility index (Phi) is 9.56. The van der Waals surface area contributed by atoms with Crippen LogP contribution in [0.2, 0.25) is 0 Å². The first-order chi connectivity index (χ1) is 20.5. The van der Waals surface area contributed by atoms with Gasteiger partial charge in [0.05, 0.1) is 40.6 Å². The number of hydrogen-bond donors (Lipinski definition) is 2. The summed E-state index contributed by atoms with van der Waals surface area (Å²) in [5.41, 5.74) is 6.48. The first kappa shape index (κ1) is 32.0. The van der Waals surface area contributed by atoms with Gasteiger partial charge in [0, 0.05) is 43.7 Å². The number of pyridine rings is 2. The zero-order valence-electron chi connectivity index (χ0n) is 23.0. The fourth-order valence-corrected chi connectivity index (χ4v) is 4.65. The Bertz CT molecular complexity index is 1740. The number of aromatic nitrogens is 4. The van der Waals surface area contributed by atoms with Crippen molar-refractivity contribution in [3.05, 3.63) is 82.0 Å². The summed E-state index contributed by atoms with van der Waals surface area (Å²) in [6.07, 6.45) is 0.241. The van der Waals surface area contributed by atoms with E-state index in [1.165, 1.54) is 37.6 Å². The second kappa shape index (κ2) is 13.1. The van der Waals surface area contributed by atoms with Crippen LogP contribution in [0.4, 0.5) is 40.6 Å². The van der Waals surface area contributed by atoms with E-state index in [-0.39, 0.29) is 57.3 Å². The maximum absolute atomic E-state index is 14.8. The molecule has 0 spiro atoms. The molecule has 0 aliphatic carbocycles. The van der Waals surface area contributed by atoms with E-state index < -0.39 is 22.7 Å². The van der Waals surface area contributed by atoms with Crippen molar-refractivity contribution in [3.8, 4) is 28.8 Å². The summed E-state index contributed by atoms with van der Waals surface area (Å²) >= 11 is 0. The molecule has 1 saturated heterocycles. The average Bonchev–Trinajstić information content (AvgIpc) is 3.46.